The standard InChI is InChI=1S/C22H26F3N3O3/c23-22(24,25)15-31-19-8-4-3-7-18(19)27-12-9-26(10-13-27)11-14-28-20(29)16-5-1-2-6-17(16)21(28)30/h1-4,7-8,16-17H,5-6,9-15H2. The molecule has 2 saturated heterocycles. The molecule has 1 aliphatic carbocycles. The third-order valence-electron chi connectivity index (χ3n) is 6.21. The van der Waals surface area contributed by atoms with Crippen molar-refractivity contribution in [3.8, 4) is 5.75 Å². The molecule has 0 spiro atoms. The van der Waals surface area contributed by atoms with Crippen LogP contribution in [0.1, 0.15) is 12.8 Å². The van der Waals surface area contributed by atoms with Gasteiger partial charge in [-0.2, -0.15) is 13.2 Å². The minimum atomic E-state index is -4.39. The average molecular weight is 437 g/mol. The van der Waals surface area contributed by atoms with Crippen LogP contribution in [-0.2, 0) is 9.59 Å². The normalized spacial score (nSPS) is 24.6. The highest BCUT2D eigenvalue weighted by molar-refractivity contribution is 6.05. The van der Waals surface area contributed by atoms with E-state index in [-0.39, 0.29) is 29.4 Å². The first kappa shape index (κ1) is 21.7. The van der Waals surface area contributed by atoms with E-state index in [1.807, 2.05) is 17.1 Å². The Morgan fingerprint density at radius 2 is 1.52 bits per heavy atom. The SMILES string of the molecule is O=C1C2CC=CCC2C(=O)N1CCN1CCN(c2ccccc2OCC(F)(F)F)CC1. The van der Waals surface area contributed by atoms with Gasteiger partial charge in [0.1, 0.15) is 5.75 Å². The van der Waals surface area contributed by atoms with Gasteiger partial charge in [-0.05, 0) is 25.0 Å². The molecule has 6 nitrogen and oxygen atoms in total. The zero-order valence-corrected chi connectivity index (χ0v) is 17.2. The van der Waals surface area contributed by atoms with E-state index >= 15 is 0 Å². The number of benzene rings is 1. The molecular formula is C22H26F3N3O3. The van der Waals surface area contributed by atoms with Gasteiger partial charge in [0.2, 0.25) is 11.8 Å². The molecule has 31 heavy (non-hydrogen) atoms. The third-order valence-corrected chi connectivity index (χ3v) is 6.21. The second-order valence-electron chi connectivity index (χ2n) is 8.18. The van der Waals surface area contributed by atoms with Crippen molar-refractivity contribution in [2.45, 2.75) is 19.0 Å². The number of carbonyl (C=O) groups is 2. The zero-order valence-electron chi connectivity index (χ0n) is 17.2. The molecule has 9 heteroatoms. The molecule has 2 atom stereocenters. The number of halogens is 3. The largest absolute Gasteiger partial charge is 0.482 e. The second-order valence-corrected chi connectivity index (χ2v) is 8.18. The van der Waals surface area contributed by atoms with E-state index in [2.05, 4.69) is 4.90 Å². The number of para-hydroxylation sites is 2. The highest BCUT2D eigenvalue weighted by atomic mass is 19.4. The van der Waals surface area contributed by atoms with E-state index in [1.165, 1.54) is 4.90 Å². The Hall–Kier alpha value is -2.55. The van der Waals surface area contributed by atoms with Gasteiger partial charge >= 0.3 is 6.18 Å². The molecule has 2 amide bonds. The molecule has 3 aliphatic rings. The van der Waals surface area contributed by atoms with Crippen LogP contribution in [0.3, 0.4) is 0 Å². The van der Waals surface area contributed by atoms with Crippen LogP contribution < -0.4 is 9.64 Å². The van der Waals surface area contributed by atoms with Crippen molar-refractivity contribution in [3.05, 3.63) is 36.4 Å². The lowest BCUT2D eigenvalue weighted by Gasteiger charge is -2.37. The zero-order chi connectivity index (χ0) is 22.0. The molecule has 168 valence electrons. The van der Waals surface area contributed by atoms with E-state index in [0.29, 0.717) is 57.8 Å². The summed E-state index contributed by atoms with van der Waals surface area (Å²) in [4.78, 5) is 30.8. The third kappa shape index (κ3) is 4.87. The van der Waals surface area contributed by atoms with Crippen LogP contribution in [0.2, 0.25) is 0 Å². The maximum absolute atomic E-state index is 12.6. The van der Waals surface area contributed by atoms with Crippen LogP contribution in [0.4, 0.5) is 18.9 Å². The number of carbonyl (C=O) groups excluding carboxylic acids is 2. The predicted octanol–water partition coefficient (Wildman–Crippen LogP) is 2.70. The van der Waals surface area contributed by atoms with Gasteiger partial charge in [0.05, 0.1) is 17.5 Å². The Morgan fingerprint density at radius 1 is 0.903 bits per heavy atom. The van der Waals surface area contributed by atoms with E-state index < -0.39 is 12.8 Å². The van der Waals surface area contributed by atoms with Crippen molar-refractivity contribution >= 4 is 17.5 Å². The van der Waals surface area contributed by atoms with E-state index in [9.17, 15) is 22.8 Å². The number of piperazine rings is 1. The van der Waals surface area contributed by atoms with Gasteiger partial charge in [0, 0.05) is 39.3 Å². The van der Waals surface area contributed by atoms with Gasteiger partial charge in [0.25, 0.3) is 0 Å². The van der Waals surface area contributed by atoms with Crippen LogP contribution in [0.5, 0.6) is 5.75 Å². The number of hydrogen-bond donors (Lipinski definition) is 0. The number of ether oxygens (including phenoxy) is 1. The molecule has 0 aromatic heterocycles. The Balaban J connectivity index is 1.29. The van der Waals surface area contributed by atoms with E-state index in [1.54, 1.807) is 24.3 Å². The first-order valence-corrected chi connectivity index (χ1v) is 10.6. The lowest BCUT2D eigenvalue weighted by Crippen LogP contribution is -2.49. The Labute approximate surface area is 179 Å². The lowest BCUT2D eigenvalue weighted by atomic mass is 9.85. The maximum atomic E-state index is 12.6. The topological polar surface area (TPSA) is 53.1 Å². The van der Waals surface area contributed by atoms with Gasteiger partial charge in [-0.25, -0.2) is 0 Å². The number of likely N-dealkylation sites (tertiary alicyclic amines) is 1. The summed E-state index contributed by atoms with van der Waals surface area (Å²) in [5.41, 5.74) is 0.646. The molecule has 2 unspecified atom stereocenters. The van der Waals surface area contributed by atoms with E-state index in [4.69, 9.17) is 4.74 Å². The maximum Gasteiger partial charge on any atom is 0.422 e. The summed E-state index contributed by atoms with van der Waals surface area (Å²) in [6, 6.07) is 6.74. The van der Waals surface area contributed by atoms with Gasteiger partial charge in [-0.15, -0.1) is 0 Å². The van der Waals surface area contributed by atoms with Crippen LogP contribution in [0.15, 0.2) is 36.4 Å². The summed E-state index contributed by atoms with van der Waals surface area (Å²) in [6.07, 6.45) is 0.848. The van der Waals surface area contributed by atoms with Crippen molar-refractivity contribution in [2.24, 2.45) is 11.8 Å². The molecule has 1 aromatic rings. The van der Waals surface area contributed by atoms with Gasteiger partial charge < -0.3 is 9.64 Å². The number of anilines is 1. The first-order valence-electron chi connectivity index (χ1n) is 10.6. The summed E-state index contributed by atoms with van der Waals surface area (Å²) in [5, 5.41) is 0. The second kappa shape index (κ2) is 8.90. The predicted molar refractivity (Wildman–Crippen MR) is 109 cm³/mol. The summed E-state index contributed by atoms with van der Waals surface area (Å²) in [7, 11) is 0. The van der Waals surface area contributed by atoms with Gasteiger partial charge in [0.15, 0.2) is 6.61 Å². The first-order chi connectivity index (χ1) is 14.8. The lowest BCUT2D eigenvalue weighted by molar-refractivity contribution is -0.153. The molecule has 4 rings (SSSR count). The minimum Gasteiger partial charge on any atom is -0.482 e. The average Bonchev–Trinajstić information content (AvgIpc) is 3.01. The summed E-state index contributed by atoms with van der Waals surface area (Å²) >= 11 is 0. The monoisotopic (exact) mass is 437 g/mol. The molecule has 2 aliphatic heterocycles. The summed E-state index contributed by atoms with van der Waals surface area (Å²) in [6.45, 7) is 2.31. The molecular weight excluding hydrogens is 411 g/mol. The molecule has 0 radical (unpaired) electrons. The van der Waals surface area contributed by atoms with Crippen molar-refractivity contribution in [1.82, 2.24) is 9.80 Å². The van der Waals surface area contributed by atoms with Crippen molar-refractivity contribution in [1.29, 1.82) is 0 Å². The number of hydrogen-bond acceptors (Lipinski definition) is 5. The molecule has 0 N–H and O–H groups in total. The number of allylic oxidation sites excluding steroid dienone is 2. The minimum absolute atomic E-state index is 0.0614. The highest BCUT2D eigenvalue weighted by Gasteiger charge is 2.46. The van der Waals surface area contributed by atoms with Crippen molar-refractivity contribution < 1.29 is 27.5 Å². The van der Waals surface area contributed by atoms with Gasteiger partial charge in [-0.3, -0.25) is 19.4 Å². The molecule has 2 heterocycles. The fraction of sp³-hybridized carbons (Fsp3) is 0.545. The number of alkyl halides is 3. The van der Waals surface area contributed by atoms with Crippen LogP contribution in [0, 0.1) is 11.8 Å². The molecule has 0 bridgehead atoms. The number of amides is 2. The molecule has 2 fully saturated rings. The fourth-order valence-electron chi connectivity index (χ4n) is 4.54. The number of fused-ring (bicyclic) bond motifs is 1. The Morgan fingerprint density at radius 3 is 2.13 bits per heavy atom. The molecule has 0 saturated carbocycles. The summed E-state index contributed by atoms with van der Waals surface area (Å²) in [5.74, 6) is -0.315. The van der Waals surface area contributed by atoms with Crippen LogP contribution >= 0.6 is 0 Å². The van der Waals surface area contributed by atoms with Crippen LogP contribution in [-0.4, -0.2) is 73.7 Å². The van der Waals surface area contributed by atoms with Crippen molar-refractivity contribution in [2.75, 3.05) is 50.8 Å². The van der Waals surface area contributed by atoms with E-state index in [0.717, 1.165) is 0 Å². The Kier molecular flexibility index (Phi) is 6.22. The molecule has 1 aromatic carbocycles. The quantitative estimate of drug-likeness (QED) is 0.506. The Bertz CT molecular complexity index is 824. The number of imide groups is 1. The number of rotatable bonds is 6. The van der Waals surface area contributed by atoms with Crippen LogP contribution in [0.25, 0.3) is 0 Å². The fourth-order valence-corrected chi connectivity index (χ4v) is 4.54. The van der Waals surface area contributed by atoms with Gasteiger partial charge in [-0.1, -0.05) is 24.3 Å². The summed E-state index contributed by atoms with van der Waals surface area (Å²) < 4.78 is 42.6. The smallest absolute Gasteiger partial charge is 0.422 e. The number of nitrogens with zero attached hydrogens (tertiary/aromatic N) is 3. The van der Waals surface area contributed by atoms with Crippen molar-refractivity contribution in [3.63, 3.8) is 0 Å². The highest BCUT2D eigenvalue weighted by Crippen LogP contribution is 2.35.